The zero-order valence-electron chi connectivity index (χ0n) is 13.7. The van der Waals surface area contributed by atoms with Gasteiger partial charge in [-0.2, -0.15) is 0 Å². The zero-order chi connectivity index (χ0) is 16.7. The molecule has 5 heteroatoms. The van der Waals surface area contributed by atoms with E-state index in [2.05, 4.69) is 13.8 Å². The van der Waals surface area contributed by atoms with Crippen molar-refractivity contribution in [1.29, 1.82) is 0 Å². The van der Waals surface area contributed by atoms with E-state index in [1.165, 1.54) is 0 Å². The molecule has 2 N–H and O–H groups in total. The van der Waals surface area contributed by atoms with Crippen LogP contribution in [0.15, 0.2) is 47.4 Å². The van der Waals surface area contributed by atoms with Gasteiger partial charge in [0.15, 0.2) is 5.75 Å². The minimum Gasteiger partial charge on any atom is -0.492 e. The number of nitrogens with zero attached hydrogens (tertiary/aromatic N) is 1. The van der Waals surface area contributed by atoms with Crippen LogP contribution in [-0.2, 0) is 6.54 Å². The molecule has 23 heavy (non-hydrogen) atoms. The highest BCUT2D eigenvalue weighted by Crippen LogP contribution is 2.13. The standard InChI is InChI=1S/C18H24N2O3/c1-14(2)9-12-23-17-4-3-10-20(18(17)21)11-13-22-16-7-5-15(19)6-8-16/h3-8,10,14H,9,11-13,19H2,1-2H3. The number of benzene rings is 1. The second-order valence-corrected chi connectivity index (χ2v) is 5.82. The van der Waals surface area contributed by atoms with Crippen molar-refractivity contribution in [2.45, 2.75) is 26.8 Å². The summed E-state index contributed by atoms with van der Waals surface area (Å²) in [6.45, 7) is 5.67. The van der Waals surface area contributed by atoms with E-state index in [0.29, 0.717) is 37.1 Å². The molecule has 0 bridgehead atoms. The molecule has 2 rings (SSSR count). The summed E-state index contributed by atoms with van der Waals surface area (Å²) in [7, 11) is 0. The summed E-state index contributed by atoms with van der Waals surface area (Å²) in [6.07, 6.45) is 2.67. The molecule has 0 amide bonds. The third kappa shape index (κ3) is 5.36. The maximum absolute atomic E-state index is 12.3. The van der Waals surface area contributed by atoms with Gasteiger partial charge in [-0.25, -0.2) is 0 Å². The Kier molecular flexibility index (Phi) is 6.09. The van der Waals surface area contributed by atoms with Crippen molar-refractivity contribution in [2.24, 2.45) is 5.92 Å². The lowest BCUT2D eigenvalue weighted by Crippen LogP contribution is -2.24. The smallest absolute Gasteiger partial charge is 0.292 e. The highest BCUT2D eigenvalue weighted by atomic mass is 16.5. The summed E-state index contributed by atoms with van der Waals surface area (Å²) in [5.41, 5.74) is 6.19. The number of pyridine rings is 1. The van der Waals surface area contributed by atoms with Gasteiger partial charge in [0.2, 0.25) is 0 Å². The summed E-state index contributed by atoms with van der Waals surface area (Å²) >= 11 is 0. The Labute approximate surface area is 136 Å². The van der Waals surface area contributed by atoms with Crippen molar-refractivity contribution in [2.75, 3.05) is 18.9 Å². The lowest BCUT2D eigenvalue weighted by atomic mass is 10.1. The minimum absolute atomic E-state index is 0.128. The van der Waals surface area contributed by atoms with E-state index in [1.807, 2.05) is 18.2 Å². The molecular formula is C18H24N2O3. The number of hydrogen-bond donors (Lipinski definition) is 1. The Morgan fingerprint density at radius 1 is 1.09 bits per heavy atom. The van der Waals surface area contributed by atoms with Gasteiger partial charge in [-0.15, -0.1) is 0 Å². The number of hydrogen-bond acceptors (Lipinski definition) is 4. The summed E-state index contributed by atoms with van der Waals surface area (Å²) in [6, 6.07) is 10.7. The first kappa shape index (κ1) is 16.9. The molecule has 0 saturated heterocycles. The number of nitrogens with two attached hydrogens (primary N) is 1. The Hall–Kier alpha value is -2.43. The van der Waals surface area contributed by atoms with E-state index in [-0.39, 0.29) is 5.56 Å². The first-order valence-electron chi connectivity index (χ1n) is 7.87. The number of anilines is 1. The molecule has 5 nitrogen and oxygen atoms in total. The van der Waals surface area contributed by atoms with Crippen molar-refractivity contribution < 1.29 is 9.47 Å². The van der Waals surface area contributed by atoms with Gasteiger partial charge >= 0.3 is 0 Å². The maximum atomic E-state index is 12.3. The first-order chi connectivity index (χ1) is 11.1. The number of aromatic nitrogens is 1. The topological polar surface area (TPSA) is 66.5 Å². The van der Waals surface area contributed by atoms with Crippen LogP contribution in [0.5, 0.6) is 11.5 Å². The van der Waals surface area contributed by atoms with Crippen LogP contribution in [0.2, 0.25) is 0 Å². The van der Waals surface area contributed by atoms with Gasteiger partial charge in [0.1, 0.15) is 12.4 Å². The van der Waals surface area contributed by atoms with Crippen LogP contribution in [-0.4, -0.2) is 17.8 Å². The maximum Gasteiger partial charge on any atom is 0.292 e. The van der Waals surface area contributed by atoms with Crippen molar-refractivity contribution in [1.82, 2.24) is 4.57 Å². The van der Waals surface area contributed by atoms with Gasteiger partial charge < -0.3 is 19.8 Å². The molecule has 1 heterocycles. The van der Waals surface area contributed by atoms with Crippen LogP contribution in [0, 0.1) is 5.92 Å². The Morgan fingerprint density at radius 3 is 2.52 bits per heavy atom. The minimum atomic E-state index is -0.128. The fourth-order valence-corrected chi connectivity index (χ4v) is 2.03. The van der Waals surface area contributed by atoms with E-state index in [4.69, 9.17) is 15.2 Å². The van der Waals surface area contributed by atoms with Crippen LogP contribution in [0.4, 0.5) is 5.69 Å². The van der Waals surface area contributed by atoms with Gasteiger partial charge in [-0.05, 0) is 48.7 Å². The molecular weight excluding hydrogens is 292 g/mol. The normalized spacial score (nSPS) is 10.7. The Morgan fingerprint density at radius 2 is 1.83 bits per heavy atom. The van der Waals surface area contributed by atoms with E-state index in [9.17, 15) is 4.79 Å². The van der Waals surface area contributed by atoms with Gasteiger partial charge in [0.25, 0.3) is 5.56 Å². The Bertz CT molecular complexity index is 663. The van der Waals surface area contributed by atoms with Gasteiger partial charge in [-0.1, -0.05) is 13.8 Å². The predicted molar refractivity (Wildman–Crippen MR) is 92.0 cm³/mol. The molecule has 1 aromatic heterocycles. The van der Waals surface area contributed by atoms with E-state index < -0.39 is 0 Å². The van der Waals surface area contributed by atoms with Crippen LogP contribution in [0.25, 0.3) is 0 Å². The largest absolute Gasteiger partial charge is 0.492 e. The van der Waals surface area contributed by atoms with Gasteiger partial charge in [0.05, 0.1) is 13.2 Å². The van der Waals surface area contributed by atoms with E-state index in [0.717, 1.165) is 12.2 Å². The summed E-state index contributed by atoms with van der Waals surface area (Å²) in [4.78, 5) is 12.3. The molecule has 0 spiro atoms. The molecule has 1 aromatic carbocycles. The van der Waals surface area contributed by atoms with E-state index in [1.54, 1.807) is 29.0 Å². The number of rotatable bonds is 8. The molecule has 124 valence electrons. The first-order valence-corrected chi connectivity index (χ1v) is 7.87. The highest BCUT2D eigenvalue weighted by molar-refractivity contribution is 5.41. The molecule has 0 saturated carbocycles. The molecule has 0 aliphatic rings. The second-order valence-electron chi connectivity index (χ2n) is 5.82. The average Bonchev–Trinajstić information content (AvgIpc) is 2.52. The molecule has 0 radical (unpaired) electrons. The molecule has 0 atom stereocenters. The zero-order valence-corrected chi connectivity index (χ0v) is 13.7. The third-order valence-electron chi connectivity index (χ3n) is 3.42. The monoisotopic (exact) mass is 316 g/mol. The predicted octanol–water partition coefficient (Wildman–Crippen LogP) is 2.93. The van der Waals surface area contributed by atoms with Crippen molar-refractivity contribution in [3.63, 3.8) is 0 Å². The summed E-state index contributed by atoms with van der Waals surface area (Å²) < 4.78 is 12.8. The molecule has 0 aliphatic heterocycles. The SMILES string of the molecule is CC(C)CCOc1cccn(CCOc2ccc(N)cc2)c1=O. The Balaban J connectivity index is 1.89. The van der Waals surface area contributed by atoms with Gasteiger partial charge in [-0.3, -0.25) is 4.79 Å². The number of nitrogen functional groups attached to an aromatic ring is 1. The molecule has 2 aromatic rings. The van der Waals surface area contributed by atoms with Crippen LogP contribution >= 0.6 is 0 Å². The molecule has 0 unspecified atom stereocenters. The lowest BCUT2D eigenvalue weighted by molar-refractivity contribution is 0.276. The van der Waals surface area contributed by atoms with Crippen LogP contribution in [0.1, 0.15) is 20.3 Å². The average molecular weight is 316 g/mol. The fourth-order valence-electron chi connectivity index (χ4n) is 2.03. The van der Waals surface area contributed by atoms with Crippen LogP contribution in [0.3, 0.4) is 0 Å². The number of ether oxygens (including phenoxy) is 2. The van der Waals surface area contributed by atoms with Crippen molar-refractivity contribution in [3.05, 3.63) is 52.9 Å². The second kappa shape index (κ2) is 8.27. The lowest BCUT2D eigenvalue weighted by Gasteiger charge is -2.11. The van der Waals surface area contributed by atoms with Crippen molar-refractivity contribution >= 4 is 5.69 Å². The molecule has 0 fully saturated rings. The highest BCUT2D eigenvalue weighted by Gasteiger charge is 2.05. The quantitative estimate of drug-likeness (QED) is 0.760. The third-order valence-corrected chi connectivity index (χ3v) is 3.42. The van der Waals surface area contributed by atoms with E-state index >= 15 is 0 Å². The van der Waals surface area contributed by atoms with Crippen LogP contribution < -0.4 is 20.8 Å². The van der Waals surface area contributed by atoms with Gasteiger partial charge in [0, 0.05) is 11.9 Å². The fraction of sp³-hybridized carbons (Fsp3) is 0.389. The van der Waals surface area contributed by atoms with Crippen molar-refractivity contribution in [3.8, 4) is 11.5 Å². The summed E-state index contributed by atoms with van der Waals surface area (Å²) in [5.74, 6) is 1.67. The summed E-state index contributed by atoms with van der Waals surface area (Å²) in [5, 5.41) is 0. The molecule has 0 aliphatic carbocycles.